The maximum absolute atomic E-state index is 9.23. The topological polar surface area (TPSA) is 62.4 Å². The van der Waals surface area contributed by atoms with Gasteiger partial charge in [0.05, 0.1) is 6.10 Å². The van der Waals surface area contributed by atoms with Gasteiger partial charge < -0.3 is 14.5 Å². The number of hydrogen-bond acceptors (Lipinski definition) is 5. The molecule has 2 aliphatic rings. The summed E-state index contributed by atoms with van der Waals surface area (Å²) in [5, 5.41) is 13.3. The molecule has 1 aromatic heterocycles. The predicted molar refractivity (Wildman–Crippen MR) is 58.3 cm³/mol. The van der Waals surface area contributed by atoms with Gasteiger partial charge in [-0.3, -0.25) is 0 Å². The molecule has 0 bridgehead atoms. The van der Waals surface area contributed by atoms with Crippen LogP contribution in [0.5, 0.6) is 0 Å². The molecule has 16 heavy (non-hydrogen) atoms. The van der Waals surface area contributed by atoms with E-state index in [4.69, 9.17) is 4.52 Å². The lowest BCUT2D eigenvalue weighted by molar-refractivity contribution is 0.0625. The van der Waals surface area contributed by atoms with Crippen molar-refractivity contribution >= 4 is 5.95 Å². The Labute approximate surface area is 94.4 Å². The van der Waals surface area contributed by atoms with Gasteiger partial charge in [-0.2, -0.15) is 4.98 Å². The van der Waals surface area contributed by atoms with Gasteiger partial charge in [-0.05, 0) is 37.3 Å². The molecule has 1 saturated carbocycles. The Morgan fingerprint density at radius 2 is 1.94 bits per heavy atom. The molecule has 2 fully saturated rings. The maximum atomic E-state index is 9.23. The van der Waals surface area contributed by atoms with E-state index in [1.807, 2.05) is 0 Å². The van der Waals surface area contributed by atoms with Gasteiger partial charge in [0.1, 0.15) is 0 Å². The van der Waals surface area contributed by atoms with Crippen LogP contribution in [0, 0.1) is 0 Å². The molecule has 3 rings (SSSR count). The van der Waals surface area contributed by atoms with E-state index >= 15 is 0 Å². The second-order valence-electron chi connectivity index (χ2n) is 4.80. The van der Waals surface area contributed by atoms with Crippen LogP contribution in [0.2, 0.25) is 0 Å². The highest BCUT2D eigenvalue weighted by atomic mass is 16.5. The highest BCUT2D eigenvalue weighted by molar-refractivity contribution is 5.28. The summed E-state index contributed by atoms with van der Waals surface area (Å²) in [4.78, 5) is 6.61. The zero-order valence-electron chi connectivity index (χ0n) is 9.30. The molecule has 5 nitrogen and oxygen atoms in total. The van der Waals surface area contributed by atoms with E-state index in [1.54, 1.807) is 0 Å². The first-order chi connectivity index (χ1) is 7.83. The van der Waals surface area contributed by atoms with E-state index in [9.17, 15) is 5.11 Å². The third kappa shape index (κ3) is 1.80. The van der Waals surface area contributed by atoms with Crippen LogP contribution in [0.4, 0.5) is 5.95 Å². The fourth-order valence-corrected chi connectivity index (χ4v) is 2.40. The van der Waals surface area contributed by atoms with Gasteiger partial charge in [-0.25, -0.2) is 0 Å². The summed E-state index contributed by atoms with van der Waals surface area (Å²) in [7, 11) is 0. The maximum Gasteiger partial charge on any atom is 0.266 e. The molecule has 1 N–H and O–H groups in total. The Kier molecular flexibility index (Phi) is 2.55. The Hall–Kier alpha value is -1.10. The molecule has 88 valence electrons. The molecular weight excluding hydrogens is 206 g/mol. The first kappa shape index (κ1) is 10.1. The summed E-state index contributed by atoms with van der Waals surface area (Å²) in [6, 6.07) is 0. The summed E-state index contributed by atoms with van der Waals surface area (Å²) >= 11 is 0. The number of piperidine rings is 1. The normalized spacial score (nSPS) is 30.2. The molecule has 1 aromatic rings. The van der Waals surface area contributed by atoms with Crippen LogP contribution >= 0.6 is 0 Å². The standard InChI is InChI=1S/C11H17N3O2/c15-9-6-8(7-9)10-12-11(13-16-10)14-4-2-1-3-5-14/h8-9,15H,1-7H2. The van der Waals surface area contributed by atoms with Crippen molar-refractivity contribution < 1.29 is 9.63 Å². The largest absolute Gasteiger partial charge is 0.393 e. The zero-order chi connectivity index (χ0) is 11.0. The van der Waals surface area contributed by atoms with Crippen LogP contribution < -0.4 is 4.90 Å². The van der Waals surface area contributed by atoms with Crippen LogP contribution in [-0.4, -0.2) is 34.4 Å². The molecule has 0 unspecified atom stereocenters. The van der Waals surface area contributed by atoms with Gasteiger partial charge in [-0.1, -0.05) is 0 Å². The molecule has 0 atom stereocenters. The number of rotatable bonds is 2. The van der Waals surface area contributed by atoms with Gasteiger partial charge in [-0.15, -0.1) is 0 Å². The van der Waals surface area contributed by atoms with Gasteiger partial charge >= 0.3 is 0 Å². The van der Waals surface area contributed by atoms with E-state index in [0.29, 0.717) is 5.89 Å². The molecule has 1 aliphatic heterocycles. The fourth-order valence-electron chi connectivity index (χ4n) is 2.40. The van der Waals surface area contributed by atoms with Crippen molar-refractivity contribution in [1.29, 1.82) is 0 Å². The van der Waals surface area contributed by atoms with Gasteiger partial charge in [0.2, 0.25) is 5.89 Å². The molecule has 1 aliphatic carbocycles. The van der Waals surface area contributed by atoms with Crippen LogP contribution in [0.3, 0.4) is 0 Å². The summed E-state index contributed by atoms with van der Waals surface area (Å²) in [6.45, 7) is 2.07. The number of aliphatic hydroxyl groups excluding tert-OH is 1. The van der Waals surface area contributed by atoms with Crippen molar-refractivity contribution in [3.05, 3.63) is 5.89 Å². The van der Waals surface area contributed by atoms with Crippen molar-refractivity contribution in [3.8, 4) is 0 Å². The highest BCUT2D eigenvalue weighted by Crippen LogP contribution is 2.36. The fraction of sp³-hybridized carbons (Fsp3) is 0.818. The first-order valence-corrected chi connectivity index (χ1v) is 6.09. The van der Waals surface area contributed by atoms with Crippen molar-refractivity contribution in [2.45, 2.75) is 44.1 Å². The van der Waals surface area contributed by atoms with Gasteiger partial charge in [0.15, 0.2) is 0 Å². The number of anilines is 1. The van der Waals surface area contributed by atoms with Crippen molar-refractivity contribution in [1.82, 2.24) is 10.1 Å². The Morgan fingerprint density at radius 1 is 1.19 bits per heavy atom. The molecule has 1 saturated heterocycles. The monoisotopic (exact) mass is 223 g/mol. The average Bonchev–Trinajstić information content (AvgIpc) is 2.75. The van der Waals surface area contributed by atoms with Gasteiger partial charge in [0.25, 0.3) is 5.95 Å². The van der Waals surface area contributed by atoms with Crippen molar-refractivity contribution in [2.75, 3.05) is 18.0 Å². The Morgan fingerprint density at radius 3 is 2.62 bits per heavy atom. The molecule has 0 radical (unpaired) electrons. The lowest BCUT2D eigenvalue weighted by atomic mass is 9.82. The molecular formula is C11H17N3O2. The lowest BCUT2D eigenvalue weighted by Gasteiger charge is -2.28. The van der Waals surface area contributed by atoms with Crippen LogP contribution in [0.25, 0.3) is 0 Å². The SMILES string of the molecule is OC1CC(c2nc(N3CCCCC3)no2)C1. The summed E-state index contributed by atoms with van der Waals surface area (Å²) in [5.41, 5.74) is 0. The number of aliphatic hydroxyl groups is 1. The predicted octanol–water partition coefficient (Wildman–Crippen LogP) is 1.30. The quantitative estimate of drug-likeness (QED) is 0.818. The van der Waals surface area contributed by atoms with Crippen LogP contribution in [-0.2, 0) is 0 Å². The van der Waals surface area contributed by atoms with Crippen LogP contribution in [0.15, 0.2) is 4.52 Å². The minimum Gasteiger partial charge on any atom is -0.393 e. The van der Waals surface area contributed by atoms with E-state index in [2.05, 4.69) is 15.0 Å². The number of hydrogen-bond donors (Lipinski definition) is 1. The van der Waals surface area contributed by atoms with Crippen LogP contribution in [0.1, 0.15) is 43.9 Å². The molecule has 0 amide bonds. The number of aromatic nitrogens is 2. The Bertz CT molecular complexity index is 354. The van der Waals surface area contributed by atoms with E-state index < -0.39 is 0 Å². The van der Waals surface area contributed by atoms with Gasteiger partial charge in [0, 0.05) is 19.0 Å². The van der Waals surface area contributed by atoms with E-state index in [0.717, 1.165) is 31.9 Å². The van der Waals surface area contributed by atoms with E-state index in [-0.39, 0.29) is 12.0 Å². The zero-order valence-corrected chi connectivity index (χ0v) is 9.30. The summed E-state index contributed by atoms with van der Waals surface area (Å²) in [6.07, 6.45) is 5.09. The summed E-state index contributed by atoms with van der Waals surface area (Å²) < 4.78 is 5.26. The third-order valence-corrected chi connectivity index (χ3v) is 3.53. The Balaban J connectivity index is 1.67. The second-order valence-corrected chi connectivity index (χ2v) is 4.80. The minimum atomic E-state index is -0.171. The van der Waals surface area contributed by atoms with Crippen molar-refractivity contribution in [2.24, 2.45) is 0 Å². The average molecular weight is 223 g/mol. The summed E-state index contributed by atoms with van der Waals surface area (Å²) in [5.74, 6) is 1.71. The lowest BCUT2D eigenvalue weighted by Crippen LogP contribution is -2.30. The number of nitrogens with zero attached hydrogens (tertiary/aromatic N) is 3. The smallest absolute Gasteiger partial charge is 0.266 e. The molecule has 5 heteroatoms. The third-order valence-electron chi connectivity index (χ3n) is 3.53. The highest BCUT2D eigenvalue weighted by Gasteiger charge is 2.33. The van der Waals surface area contributed by atoms with Crippen molar-refractivity contribution in [3.63, 3.8) is 0 Å². The first-order valence-electron chi connectivity index (χ1n) is 6.09. The minimum absolute atomic E-state index is 0.171. The molecule has 0 spiro atoms. The molecule has 0 aromatic carbocycles. The second kappa shape index (κ2) is 4.05. The van der Waals surface area contributed by atoms with E-state index in [1.165, 1.54) is 19.3 Å². The molecule has 2 heterocycles.